The number of anilines is 1. The van der Waals surface area contributed by atoms with Gasteiger partial charge in [-0.25, -0.2) is 4.99 Å². The summed E-state index contributed by atoms with van der Waals surface area (Å²) in [5, 5.41) is 10.7. The monoisotopic (exact) mass is 419 g/mol. The molecular weight excluding hydrogens is 390 g/mol. The molecule has 1 heterocycles. The van der Waals surface area contributed by atoms with Gasteiger partial charge in [-0.15, -0.1) is 0 Å². The molecule has 7 nitrogen and oxygen atoms in total. The van der Waals surface area contributed by atoms with E-state index in [0.717, 1.165) is 34.7 Å². The number of carbonyl (C=O) groups excluding carboxylic acids is 1. The Bertz CT molecular complexity index is 1080. The van der Waals surface area contributed by atoms with Crippen molar-refractivity contribution in [2.24, 2.45) is 4.99 Å². The number of hydrogen-bond donors (Lipinski definition) is 2. The maximum Gasteiger partial charge on any atom is 0.257 e. The number of carbonyl (C=O) groups is 1. The zero-order valence-electron chi connectivity index (χ0n) is 18.7. The topological polar surface area (TPSA) is 80.5 Å². The van der Waals surface area contributed by atoms with Crippen molar-refractivity contribution in [2.45, 2.75) is 40.8 Å². The minimum Gasteiger partial charge on any atom is -0.497 e. The summed E-state index contributed by atoms with van der Waals surface area (Å²) in [4.78, 5) is 17.5. The van der Waals surface area contributed by atoms with E-state index >= 15 is 0 Å². The highest BCUT2D eigenvalue weighted by Gasteiger charge is 2.13. The molecule has 0 aliphatic carbocycles. The lowest BCUT2D eigenvalue weighted by molar-refractivity contribution is 0.0977. The van der Waals surface area contributed by atoms with Gasteiger partial charge in [-0.2, -0.15) is 5.10 Å². The Balaban J connectivity index is 1.85. The van der Waals surface area contributed by atoms with Gasteiger partial charge in [0.1, 0.15) is 5.75 Å². The molecule has 3 rings (SSSR count). The SMILES string of the molecule is CCn1nc(C)c(CN=C(NC(=O)c2ccc(OC)cc2)Nc2cccc(C)c2)c1C. The quantitative estimate of drug-likeness (QED) is 0.463. The summed E-state index contributed by atoms with van der Waals surface area (Å²) >= 11 is 0. The number of benzene rings is 2. The largest absolute Gasteiger partial charge is 0.497 e. The van der Waals surface area contributed by atoms with Gasteiger partial charge in [0.2, 0.25) is 5.96 Å². The van der Waals surface area contributed by atoms with Crippen LogP contribution in [0, 0.1) is 20.8 Å². The highest BCUT2D eigenvalue weighted by molar-refractivity contribution is 6.10. The predicted molar refractivity (Wildman–Crippen MR) is 124 cm³/mol. The number of amides is 1. The molecule has 0 radical (unpaired) electrons. The van der Waals surface area contributed by atoms with Crippen LogP contribution in [0.5, 0.6) is 5.75 Å². The molecule has 0 aliphatic rings. The molecular formula is C24H29N5O2. The van der Waals surface area contributed by atoms with E-state index < -0.39 is 0 Å². The Kier molecular flexibility index (Phi) is 7.07. The summed E-state index contributed by atoms with van der Waals surface area (Å²) in [5.41, 5.74) is 5.57. The van der Waals surface area contributed by atoms with Gasteiger partial charge in [0.25, 0.3) is 5.91 Å². The Labute approximate surface area is 183 Å². The fourth-order valence-corrected chi connectivity index (χ4v) is 3.32. The first-order valence-electron chi connectivity index (χ1n) is 10.3. The van der Waals surface area contributed by atoms with Crippen molar-refractivity contribution in [2.75, 3.05) is 12.4 Å². The van der Waals surface area contributed by atoms with Crippen molar-refractivity contribution in [3.63, 3.8) is 0 Å². The lowest BCUT2D eigenvalue weighted by Gasteiger charge is -2.13. The van der Waals surface area contributed by atoms with Gasteiger partial charge in [0, 0.05) is 29.1 Å². The summed E-state index contributed by atoms with van der Waals surface area (Å²) in [6.45, 7) is 9.31. The van der Waals surface area contributed by atoms with Crippen molar-refractivity contribution in [3.05, 3.63) is 76.6 Å². The van der Waals surface area contributed by atoms with Crippen LogP contribution in [0.15, 0.2) is 53.5 Å². The van der Waals surface area contributed by atoms with Crippen molar-refractivity contribution in [3.8, 4) is 5.75 Å². The van der Waals surface area contributed by atoms with Crippen molar-refractivity contribution in [1.29, 1.82) is 0 Å². The number of nitrogens with one attached hydrogen (secondary N) is 2. The molecule has 7 heteroatoms. The van der Waals surface area contributed by atoms with Crippen LogP contribution >= 0.6 is 0 Å². The highest BCUT2D eigenvalue weighted by Crippen LogP contribution is 2.15. The zero-order chi connectivity index (χ0) is 22.4. The summed E-state index contributed by atoms with van der Waals surface area (Å²) < 4.78 is 7.13. The molecule has 1 amide bonds. The van der Waals surface area contributed by atoms with Gasteiger partial charge in [-0.05, 0) is 69.7 Å². The van der Waals surface area contributed by atoms with Gasteiger partial charge >= 0.3 is 0 Å². The van der Waals surface area contributed by atoms with E-state index in [1.807, 2.05) is 49.7 Å². The van der Waals surface area contributed by atoms with Gasteiger partial charge < -0.3 is 10.1 Å². The van der Waals surface area contributed by atoms with Gasteiger partial charge in [0.15, 0.2) is 0 Å². The Morgan fingerprint density at radius 1 is 1.13 bits per heavy atom. The van der Waals surface area contributed by atoms with Crippen LogP contribution in [-0.2, 0) is 13.1 Å². The Hall–Kier alpha value is -3.61. The lowest BCUT2D eigenvalue weighted by atomic mass is 10.2. The maximum absolute atomic E-state index is 12.8. The number of hydrogen-bond acceptors (Lipinski definition) is 4. The number of aryl methyl sites for hydroxylation is 3. The van der Waals surface area contributed by atoms with Crippen molar-refractivity contribution in [1.82, 2.24) is 15.1 Å². The number of ether oxygens (including phenoxy) is 1. The minimum atomic E-state index is -0.251. The number of rotatable bonds is 6. The average molecular weight is 420 g/mol. The molecule has 0 bridgehead atoms. The highest BCUT2D eigenvalue weighted by atomic mass is 16.5. The molecule has 0 unspecified atom stereocenters. The van der Waals surface area contributed by atoms with Gasteiger partial charge in [-0.3, -0.25) is 14.8 Å². The van der Waals surface area contributed by atoms with E-state index in [0.29, 0.717) is 23.8 Å². The summed E-state index contributed by atoms with van der Waals surface area (Å²) in [6, 6.07) is 14.9. The van der Waals surface area contributed by atoms with Crippen molar-refractivity contribution >= 4 is 17.6 Å². The maximum atomic E-state index is 12.8. The number of nitrogens with zero attached hydrogens (tertiary/aromatic N) is 3. The number of guanidine groups is 1. The second-order valence-electron chi connectivity index (χ2n) is 7.31. The van der Waals surface area contributed by atoms with Crippen LogP contribution in [0.2, 0.25) is 0 Å². The smallest absolute Gasteiger partial charge is 0.257 e. The van der Waals surface area contributed by atoms with Gasteiger partial charge in [0.05, 0.1) is 19.3 Å². The Morgan fingerprint density at radius 3 is 2.48 bits per heavy atom. The minimum absolute atomic E-state index is 0.251. The first-order valence-corrected chi connectivity index (χ1v) is 10.3. The first kappa shape index (κ1) is 22.1. The summed E-state index contributed by atoms with van der Waals surface area (Å²) in [6.07, 6.45) is 0. The normalized spacial score (nSPS) is 11.3. The summed E-state index contributed by atoms with van der Waals surface area (Å²) in [5.74, 6) is 0.830. The van der Waals surface area contributed by atoms with E-state index in [4.69, 9.17) is 4.74 Å². The second-order valence-corrected chi connectivity index (χ2v) is 7.31. The van der Waals surface area contributed by atoms with Gasteiger partial charge in [-0.1, -0.05) is 12.1 Å². The molecule has 31 heavy (non-hydrogen) atoms. The van der Waals surface area contributed by atoms with Crippen LogP contribution < -0.4 is 15.4 Å². The Morgan fingerprint density at radius 2 is 1.87 bits per heavy atom. The fraction of sp³-hybridized carbons (Fsp3) is 0.292. The third kappa shape index (κ3) is 5.51. The number of aliphatic imine (C=N–C) groups is 1. The molecule has 0 fully saturated rings. The second kappa shape index (κ2) is 9.93. The van der Waals surface area contributed by atoms with E-state index in [2.05, 4.69) is 27.6 Å². The molecule has 0 saturated heterocycles. The third-order valence-electron chi connectivity index (χ3n) is 5.09. The van der Waals surface area contributed by atoms with Crippen LogP contribution in [0.25, 0.3) is 0 Å². The third-order valence-corrected chi connectivity index (χ3v) is 5.09. The van der Waals surface area contributed by atoms with E-state index in [-0.39, 0.29) is 5.91 Å². The number of aromatic nitrogens is 2. The molecule has 2 N–H and O–H groups in total. The van der Waals surface area contributed by atoms with Crippen LogP contribution in [0.4, 0.5) is 5.69 Å². The molecule has 0 aliphatic heterocycles. The lowest BCUT2D eigenvalue weighted by Crippen LogP contribution is -2.36. The summed E-state index contributed by atoms with van der Waals surface area (Å²) in [7, 11) is 1.59. The van der Waals surface area contributed by atoms with E-state index in [9.17, 15) is 4.79 Å². The standard InChI is InChI=1S/C24H29N5O2/c1-6-29-18(4)22(17(3)28-29)15-25-24(26-20-9-7-8-16(2)14-20)27-23(30)19-10-12-21(31-5)13-11-19/h7-14H,6,15H2,1-5H3,(H2,25,26,27,30). The van der Waals surface area contributed by atoms with Crippen LogP contribution in [0.3, 0.4) is 0 Å². The first-order chi connectivity index (χ1) is 14.9. The molecule has 0 spiro atoms. The van der Waals surface area contributed by atoms with E-state index in [1.54, 1.807) is 31.4 Å². The predicted octanol–water partition coefficient (Wildman–Crippen LogP) is 4.23. The molecule has 2 aromatic carbocycles. The average Bonchev–Trinajstić information content (AvgIpc) is 3.04. The van der Waals surface area contributed by atoms with Crippen molar-refractivity contribution < 1.29 is 9.53 Å². The molecule has 3 aromatic rings. The fourth-order valence-electron chi connectivity index (χ4n) is 3.32. The zero-order valence-corrected chi connectivity index (χ0v) is 18.7. The molecule has 0 saturated carbocycles. The molecule has 162 valence electrons. The van der Waals surface area contributed by atoms with Crippen LogP contribution in [0.1, 0.15) is 39.8 Å². The van der Waals surface area contributed by atoms with Crippen LogP contribution in [-0.4, -0.2) is 28.8 Å². The number of methoxy groups -OCH3 is 1. The molecule has 1 aromatic heterocycles. The molecule has 0 atom stereocenters. The van der Waals surface area contributed by atoms with E-state index in [1.165, 1.54) is 0 Å².